The van der Waals surface area contributed by atoms with Crippen molar-refractivity contribution in [2.45, 2.75) is 12.3 Å². The van der Waals surface area contributed by atoms with Crippen LogP contribution in [0.4, 0.5) is 0 Å². The van der Waals surface area contributed by atoms with Crippen LogP contribution in [-0.4, -0.2) is 15.0 Å². The molecule has 10 rings (SSSR count). The van der Waals surface area contributed by atoms with Crippen molar-refractivity contribution in [3.8, 4) is 45.0 Å². The normalized spacial score (nSPS) is 14.2. The zero-order valence-electron chi connectivity index (χ0n) is 28.9. The Labute approximate surface area is 307 Å². The molecule has 0 bridgehead atoms. The first-order chi connectivity index (χ1) is 26.2. The Morgan fingerprint density at radius 1 is 0.472 bits per heavy atom. The highest BCUT2D eigenvalue weighted by Crippen LogP contribution is 2.39. The van der Waals surface area contributed by atoms with Crippen LogP contribution in [0.2, 0.25) is 0 Å². The van der Waals surface area contributed by atoms with Crippen LogP contribution < -0.4 is 0 Å². The van der Waals surface area contributed by atoms with E-state index in [1.165, 1.54) is 27.6 Å². The molecule has 4 nitrogen and oxygen atoms in total. The van der Waals surface area contributed by atoms with E-state index < -0.39 is 0 Å². The molecule has 2 aromatic heterocycles. The summed E-state index contributed by atoms with van der Waals surface area (Å²) in [5, 5.41) is 4.37. The molecule has 53 heavy (non-hydrogen) atoms. The molecular formula is C49H33N3O. The van der Waals surface area contributed by atoms with E-state index in [4.69, 9.17) is 19.4 Å². The highest BCUT2D eigenvalue weighted by molar-refractivity contribution is 6.12. The molecule has 4 heteroatoms. The standard InChI is InChI=1S/C49H33N3O/c1-3-10-32(11-4-1)35-18-20-36(21-19-35)37-22-25-38(26-23-37)47-50-48(41-27-24-34-14-7-8-15-39(34)30-41)52-49(51-47)43-16-9-17-44-46(43)42-29-28-40(31-45(42)53-44)33-12-5-2-6-13-33/h1-25,27-31,38H,26H2. The molecule has 1 atom stereocenters. The van der Waals surface area contributed by atoms with Gasteiger partial charge in [-0.1, -0.05) is 158 Å². The van der Waals surface area contributed by atoms with Crippen LogP contribution in [0, 0.1) is 0 Å². The minimum Gasteiger partial charge on any atom is -0.456 e. The number of furan rings is 1. The summed E-state index contributed by atoms with van der Waals surface area (Å²) in [6.45, 7) is 0. The smallest absolute Gasteiger partial charge is 0.164 e. The van der Waals surface area contributed by atoms with Gasteiger partial charge in [-0.3, -0.25) is 0 Å². The van der Waals surface area contributed by atoms with Crippen LogP contribution in [0.3, 0.4) is 0 Å². The van der Waals surface area contributed by atoms with Crippen molar-refractivity contribution >= 4 is 38.3 Å². The lowest BCUT2D eigenvalue weighted by Crippen LogP contribution is -2.08. The number of hydrogen-bond acceptors (Lipinski definition) is 4. The Kier molecular flexibility index (Phi) is 7.58. The topological polar surface area (TPSA) is 51.8 Å². The third-order valence-electron chi connectivity index (χ3n) is 10.3. The molecular weight excluding hydrogens is 647 g/mol. The molecule has 0 radical (unpaired) electrons. The van der Waals surface area contributed by atoms with Crippen molar-refractivity contribution in [2.24, 2.45) is 0 Å². The second-order valence-corrected chi connectivity index (χ2v) is 13.6. The molecule has 1 unspecified atom stereocenters. The van der Waals surface area contributed by atoms with E-state index in [2.05, 4.69) is 158 Å². The second kappa shape index (κ2) is 13.0. The van der Waals surface area contributed by atoms with Crippen LogP contribution in [0.5, 0.6) is 0 Å². The molecule has 0 saturated heterocycles. The molecule has 9 aromatic rings. The van der Waals surface area contributed by atoms with Crippen LogP contribution in [0.25, 0.3) is 83.3 Å². The van der Waals surface area contributed by atoms with Crippen LogP contribution in [0.1, 0.15) is 23.7 Å². The lowest BCUT2D eigenvalue weighted by molar-refractivity contribution is 0.669. The van der Waals surface area contributed by atoms with E-state index in [9.17, 15) is 0 Å². The van der Waals surface area contributed by atoms with Crippen molar-refractivity contribution in [3.63, 3.8) is 0 Å². The van der Waals surface area contributed by atoms with Crippen molar-refractivity contribution in [2.75, 3.05) is 0 Å². The molecule has 250 valence electrons. The van der Waals surface area contributed by atoms with Gasteiger partial charge >= 0.3 is 0 Å². The van der Waals surface area contributed by atoms with Gasteiger partial charge in [0.1, 0.15) is 17.0 Å². The Hall–Kier alpha value is -6.91. The van der Waals surface area contributed by atoms with Crippen molar-refractivity contribution in [1.82, 2.24) is 15.0 Å². The predicted octanol–water partition coefficient (Wildman–Crippen LogP) is 12.7. The highest BCUT2D eigenvalue weighted by atomic mass is 16.3. The van der Waals surface area contributed by atoms with E-state index in [1.807, 2.05) is 24.3 Å². The van der Waals surface area contributed by atoms with Gasteiger partial charge in [-0.05, 0) is 74.8 Å². The first-order valence-electron chi connectivity index (χ1n) is 18.0. The van der Waals surface area contributed by atoms with E-state index >= 15 is 0 Å². The minimum atomic E-state index is -0.00275. The van der Waals surface area contributed by atoms with Gasteiger partial charge in [0.05, 0.1) is 0 Å². The van der Waals surface area contributed by atoms with Gasteiger partial charge in [0.15, 0.2) is 11.6 Å². The molecule has 7 aromatic carbocycles. The van der Waals surface area contributed by atoms with Crippen molar-refractivity contribution in [1.29, 1.82) is 0 Å². The van der Waals surface area contributed by atoms with E-state index in [-0.39, 0.29) is 5.92 Å². The maximum absolute atomic E-state index is 6.48. The third kappa shape index (κ3) is 5.81. The van der Waals surface area contributed by atoms with Gasteiger partial charge < -0.3 is 4.42 Å². The first kappa shape index (κ1) is 30.9. The highest BCUT2D eigenvalue weighted by Gasteiger charge is 2.22. The van der Waals surface area contributed by atoms with Gasteiger partial charge in [0.2, 0.25) is 0 Å². The largest absolute Gasteiger partial charge is 0.456 e. The minimum absolute atomic E-state index is 0.00275. The summed E-state index contributed by atoms with van der Waals surface area (Å²) in [5.41, 5.74) is 10.6. The fourth-order valence-corrected chi connectivity index (χ4v) is 7.47. The quantitative estimate of drug-likeness (QED) is 0.175. The molecule has 0 saturated carbocycles. The van der Waals surface area contributed by atoms with Gasteiger partial charge in [0, 0.05) is 27.8 Å². The molecule has 0 fully saturated rings. The summed E-state index contributed by atoms with van der Waals surface area (Å²) >= 11 is 0. The zero-order valence-corrected chi connectivity index (χ0v) is 28.9. The number of fused-ring (bicyclic) bond motifs is 4. The van der Waals surface area contributed by atoms with E-state index in [0.29, 0.717) is 11.6 Å². The fraction of sp³-hybridized carbons (Fsp3) is 0.0408. The average Bonchev–Trinajstić information content (AvgIpc) is 3.62. The summed E-state index contributed by atoms with van der Waals surface area (Å²) in [6.07, 6.45) is 7.53. The molecule has 0 amide bonds. The summed E-state index contributed by atoms with van der Waals surface area (Å²) < 4.78 is 6.48. The maximum atomic E-state index is 6.48. The SMILES string of the molecule is C1=CC(c2nc(-c3ccc4ccccc4c3)nc(-c3cccc4oc5cc(-c6ccccc6)ccc5c34)n2)CC=C1c1ccc(-c2ccccc2)cc1. The van der Waals surface area contributed by atoms with Crippen LogP contribution in [0.15, 0.2) is 186 Å². The summed E-state index contributed by atoms with van der Waals surface area (Å²) in [5.74, 6) is 2.04. The molecule has 0 spiro atoms. The second-order valence-electron chi connectivity index (χ2n) is 13.6. The summed E-state index contributed by atoms with van der Waals surface area (Å²) in [4.78, 5) is 15.5. The first-order valence-corrected chi connectivity index (χ1v) is 18.0. The van der Waals surface area contributed by atoms with Gasteiger partial charge in [-0.15, -0.1) is 0 Å². The monoisotopic (exact) mass is 679 g/mol. The number of hydrogen-bond donors (Lipinski definition) is 0. The number of benzene rings is 7. The zero-order chi connectivity index (χ0) is 35.1. The predicted molar refractivity (Wildman–Crippen MR) is 217 cm³/mol. The van der Waals surface area contributed by atoms with Gasteiger partial charge in [-0.25, -0.2) is 15.0 Å². The lowest BCUT2D eigenvalue weighted by Gasteiger charge is -2.17. The molecule has 1 aliphatic rings. The van der Waals surface area contributed by atoms with Gasteiger partial charge in [0.25, 0.3) is 0 Å². The van der Waals surface area contributed by atoms with Crippen LogP contribution >= 0.6 is 0 Å². The number of allylic oxidation sites excluding steroid dienone is 4. The molecule has 0 aliphatic heterocycles. The Bertz CT molecular complexity index is 2850. The van der Waals surface area contributed by atoms with Crippen molar-refractivity contribution < 1.29 is 4.42 Å². The summed E-state index contributed by atoms with van der Waals surface area (Å²) in [6, 6.07) is 57.1. The molecule has 2 heterocycles. The Morgan fingerprint density at radius 2 is 1.13 bits per heavy atom. The average molecular weight is 680 g/mol. The van der Waals surface area contributed by atoms with E-state index in [1.54, 1.807) is 0 Å². The Balaban J connectivity index is 1.05. The van der Waals surface area contributed by atoms with Gasteiger partial charge in [-0.2, -0.15) is 0 Å². The fourth-order valence-electron chi connectivity index (χ4n) is 7.47. The van der Waals surface area contributed by atoms with Crippen LogP contribution in [-0.2, 0) is 0 Å². The van der Waals surface area contributed by atoms with Crippen molar-refractivity contribution in [3.05, 3.63) is 193 Å². The summed E-state index contributed by atoms with van der Waals surface area (Å²) in [7, 11) is 0. The molecule has 0 N–H and O–H groups in total. The lowest BCUT2D eigenvalue weighted by atomic mass is 9.91. The number of aromatic nitrogens is 3. The maximum Gasteiger partial charge on any atom is 0.164 e. The third-order valence-corrected chi connectivity index (χ3v) is 10.3. The Morgan fingerprint density at radius 3 is 1.91 bits per heavy atom. The number of rotatable bonds is 6. The number of nitrogens with zero attached hydrogens (tertiary/aromatic N) is 3. The van der Waals surface area contributed by atoms with E-state index in [0.717, 1.165) is 61.8 Å². The molecule has 1 aliphatic carbocycles.